The number of halogens is 1. The quantitative estimate of drug-likeness (QED) is 0.674. The van der Waals surface area contributed by atoms with E-state index in [-0.39, 0.29) is 0 Å². The second-order valence-electron chi connectivity index (χ2n) is 6.55. The van der Waals surface area contributed by atoms with Crippen molar-refractivity contribution in [3.63, 3.8) is 0 Å². The minimum atomic E-state index is 0.346. The van der Waals surface area contributed by atoms with Crippen LogP contribution in [0.5, 0.6) is 0 Å². The van der Waals surface area contributed by atoms with E-state index in [1.807, 2.05) is 12.3 Å². The zero-order valence-electron chi connectivity index (χ0n) is 12.3. The summed E-state index contributed by atoms with van der Waals surface area (Å²) in [6, 6.07) is 8.82. The first-order valence-electron chi connectivity index (χ1n) is 7.42. The molecule has 0 saturated heterocycles. The van der Waals surface area contributed by atoms with Crippen LogP contribution in [0.25, 0.3) is 21.9 Å². The van der Waals surface area contributed by atoms with Crippen LogP contribution in [0.2, 0.25) is 0 Å². The first kappa shape index (κ1) is 13.1. The molecule has 0 bridgehead atoms. The topological polar surface area (TPSA) is 30.7 Å². The normalized spacial score (nSPS) is 20.2. The number of hydrogen-bond donors (Lipinski definition) is 0. The Bertz CT molecular complexity index is 835. The maximum absolute atomic E-state index is 5.98. The minimum absolute atomic E-state index is 0.346. The van der Waals surface area contributed by atoms with E-state index in [1.165, 1.54) is 17.3 Å². The van der Waals surface area contributed by atoms with E-state index < -0.39 is 0 Å². The molecule has 3 aromatic rings. The zero-order valence-corrected chi connectivity index (χ0v) is 13.1. The van der Waals surface area contributed by atoms with Crippen molar-refractivity contribution in [2.45, 2.75) is 32.7 Å². The van der Waals surface area contributed by atoms with Crippen molar-refractivity contribution in [2.24, 2.45) is 5.41 Å². The second kappa shape index (κ2) is 4.44. The number of pyridine rings is 1. The van der Waals surface area contributed by atoms with Gasteiger partial charge in [-0.15, -0.1) is 11.6 Å². The Morgan fingerprint density at radius 3 is 2.76 bits per heavy atom. The van der Waals surface area contributed by atoms with Crippen molar-refractivity contribution in [1.82, 2.24) is 14.5 Å². The highest BCUT2D eigenvalue weighted by molar-refractivity contribution is 6.18. The standard InChI is InChI=1S/C17H18ClN3/c1-17(2)9-14(17)21-15(7-8-18)20-13-10-19-12-6-4-3-5-11(12)16(13)21/h3-6,10,14H,7-9H2,1-2H3. The molecule has 0 N–H and O–H groups in total. The van der Waals surface area contributed by atoms with Gasteiger partial charge in [-0.05, 0) is 17.9 Å². The van der Waals surface area contributed by atoms with Gasteiger partial charge in [0.1, 0.15) is 11.3 Å². The summed E-state index contributed by atoms with van der Waals surface area (Å²) in [6.45, 7) is 4.63. The summed E-state index contributed by atoms with van der Waals surface area (Å²) in [4.78, 5) is 9.33. The van der Waals surface area contributed by atoms with E-state index in [0.29, 0.717) is 17.3 Å². The van der Waals surface area contributed by atoms with Crippen LogP contribution in [-0.2, 0) is 6.42 Å². The lowest BCUT2D eigenvalue weighted by molar-refractivity contribution is 0.537. The average molecular weight is 300 g/mol. The molecule has 0 aliphatic heterocycles. The number of rotatable bonds is 3. The predicted molar refractivity (Wildman–Crippen MR) is 86.9 cm³/mol. The molecule has 3 nitrogen and oxygen atoms in total. The molecule has 1 aliphatic rings. The molecule has 4 rings (SSSR count). The molecular weight excluding hydrogens is 282 g/mol. The largest absolute Gasteiger partial charge is 0.324 e. The summed E-state index contributed by atoms with van der Waals surface area (Å²) in [5, 5.41) is 1.19. The van der Waals surface area contributed by atoms with Crippen molar-refractivity contribution in [2.75, 3.05) is 5.88 Å². The summed E-state index contributed by atoms with van der Waals surface area (Å²) in [5.41, 5.74) is 3.58. The number of para-hydroxylation sites is 1. The highest BCUT2D eigenvalue weighted by Crippen LogP contribution is 2.57. The molecule has 1 aromatic carbocycles. The summed E-state index contributed by atoms with van der Waals surface area (Å²) in [6.07, 6.45) is 3.89. The number of aromatic nitrogens is 3. The van der Waals surface area contributed by atoms with Gasteiger partial charge >= 0.3 is 0 Å². The zero-order chi connectivity index (χ0) is 14.6. The van der Waals surface area contributed by atoms with E-state index in [9.17, 15) is 0 Å². The van der Waals surface area contributed by atoms with E-state index in [0.717, 1.165) is 23.3 Å². The molecule has 1 aliphatic carbocycles. The molecule has 1 atom stereocenters. The van der Waals surface area contributed by atoms with Crippen molar-refractivity contribution in [3.8, 4) is 0 Å². The van der Waals surface area contributed by atoms with E-state index in [4.69, 9.17) is 16.6 Å². The van der Waals surface area contributed by atoms with Gasteiger partial charge in [-0.25, -0.2) is 4.98 Å². The number of nitrogens with zero attached hydrogens (tertiary/aromatic N) is 3. The van der Waals surface area contributed by atoms with Crippen LogP contribution in [0.4, 0.5) is 0 Å². The van der Waals surface area contributed by atoms with Gasteiger partial charge in [0.05, 0.1) is 17.2 Å². The second-order valence-corrected chi connectivity index (χ2v) is 6.93. The molecule has 1 unspecified atom stereocenters. The first-order chi connectivity index (χ1) is 10.1. The third-order valence-corrected chi connectivity index (χ3v) is 4.78. The SMILES string of the molecule is CC1(C)CC1n1c(CCCl)nc2cnc3ccccc3c21. The van der Waals surface area contributed by atoms with Crippen molar-refractivity contribution < 1.29 is 0 Å². The van der Waals surface area contributed by atoms with Crippen LogP contribution in [-0.4, -0.2) is 20.4 Å². The van der Waals surface area contributed by atoms with Crippen LogP contribution >= 0.6 is 11.6 Å². The van der Waals surface area contributed by atoms with Crippen LogP contribution in [0, 0.1) is 5.41 Å². The Morgan fingerprint density at radius 2 is 2.05 bits per heavy atom. The van der Waals surface area contributed by atoms with Gasteiger partial charge in [-0.3, -0.25) is 4.98 Å². The monoisotopic (exact) mass is 299 g/mol. The lowest BCUT2D eigenvalue weighted by atomic mass is 10.1. The van der Waals surface area contributed by atoms with Gasteiger partial charge in [0.25, 0.3) is 0 Å². The third kappa shape index (κ3) is 1.95. The first-order valence-corrected chi connectivity index (χ1v) is 7.96. The van der Waals surface area contributed by atoms with Gasteiger partial charge in [0.2, 0.25) is 0 Å². The van der Waals surface area contributed by atoms with Crippen molar-refractivity contribution in [3.05, 3.63) is 36.3 Å². The molecular formula is C17H18ClN3. The molecule has 21 heavy (non-hydrogen) atoms. The highest BCUT2D eigenvalue weighted by atomic mass is 35.5. The Kier molecular flexibility index (Phi) is 2.77. The average Bonchev–Trinajstić information content (AvgIpc) is 2.94. The molecule has 0 spiro atoms. The maximum atomic E-state index is 5.98. The maximum Gasteiger partial charge on any atom is 0.111 e. The molecule has 1 fully saturated rings. The molecule has 2 heterocycles. The third-order valence-electron chi connectivity index (χ3n) is 4.59. The van der Waals surface area contributed by atoms with Crippen molar-refractivity contribution >= 4 is 33.5 Å². The van der Waals surface area contributed by atoms with Gasteiger partial charge in [0, 0.05) is 23.7 Å². The van der Waals surface area contributed by atoms with Gasteiger partial charge in [-0.1, -0.05) is 32.0 Å². The molecule has 0 amide bonds. The van der Waals surface area contributed by atoms with Gasteiger partial charge < -0.3 is 4.57 Å². The minimum Gasteiger partial charge on any atom is -0.324 e. The molecule has 0 radical (unpaired) electrons. The summed E-state index contributed by atoms with van der Waals surface area (Å²) in [5.74, 6) is 1.69. The molecule has 4 heteroatoms. The fourth-order valence-corrected chi connectivity index (χ4v) is 3.42. The van der Waals surface area contributed by atoms with Crippen LogP contribution in [0.15, 0.2) is 30.5 Å². The Morgan fingerprint density at radius 1 is 1.29 bits per heavy atom. The predicted octanol–water partition coefficient (Wildman–Crippen LogP) is 4.34. The Labute approximate surface area is 129 Å². The summed E-state index contributed by atoms with van der Waals surface area (Å²) < 4.78 is 2.42. The van der Waals surface area contributed by atoms with Crippen LogP contribution in [0.1, 0.15) is 32.1 Å². The number of benzene rings is 1. The van der Waals surface area contributed by atoms with Gasteiger partial charge in [0.15, 0.2) is 0 Å². The van der Waals surface area contributed by atoms with Crippen LogP contribution < -0.4 is 0 Å². The number of imidazole rings is 1. The number of aryl methyl sites for hydroxylation is 1. The highest BCUT2D eigenvalue weighted by Gasteiger charge is 2.48. The summed E-state index contributed by atoms with van der Waals surface area (Å²) in [7, 11) is 0. The van der Waals surface area contributed by atoms with E-state index >= 15 is 0 Å². The molecule has 108 valence electrons. The van der Waals surface area contributed by atoms with E-state index in [1.54, 1.807) is 0 Å². The fourth-order valence-electron chi connectivity index (χ4n) is 3.25. The van der Waals surface area contributed by atoms with Crippen LogP contribution in [0.3, 0.4) is 0 Å². The lowest BCUT2D eigenvalue weighted by Crippen LogP contribution is -2.06. The van der Waals surface area contributed by atoms with E-state index in [2.05, 4.69) is 41.6 Å². The lowest BCUT2D eigenvalue weighted by Gasteiger charge is -2.11. The van der Waals surface area contributed by atoms with Gasteiger partial charge in [-0.2, -0.15) is 0 Å². The number of alkyl halides is 1. The fraction of sp³-hybridized carbons (Fsp3) is 0.412. The number of fused-ring (bicyclic) bond motifs is 3. The molecule has 1 saturated carbocycles. The Hall–Kier alpha value is -1.61. The van der Waals surface area contributed by atoms with Crippen molar-refractivity contribution in [1.29, 1.82) is 0 Å². The molecule has 2 aromatic heterocycles. The number of hydrogen-bond acceptors (Lipinski definition) is 2. The Balaban J connectivity index is 2.06. The smallest absolute Gasteiger partial charge is 0.111 e. The summed E-state index contributed by atoms with van der Waals surface area (Å²) >= 11 is 5.98.